The Bertz CT molecular complexity index is 342. The minimum atomic E-state index is 0.350. The molecule has 1 aliphatic carbocycles. The van der Waals surface area contributed by atoms with Crippen LogP contribution in [0, 0.1) is 0 Å². The van der Waals surface area contributed by atoms with Gasteiger partial charge in [0.1, 0.15) is 5.75 Å². The van der Waals surface area contributed by atoms with E-state index < -0.39 is 0 Å². The fraction of sp³-hybridized carbons (Fsp3) is 0.333. The van der Waals surface area contributed by atoms with Crippen LogP contribution in [-0.2, 0) is 0 Å². The van der Waals surface area contributed by atoms with Crippen molar-refractivity contribution < 1.29 is 5.11 Å². The molecule has 1 aromatic rings. The fourth-order valence-electron chi connectivity index (χ4n) is 1.74. The molecule has 68 valence electrons. The van der Waals surface area contributed by atoms with Crippen molar-refractivity contribution in [2.45, 2.75) is 26.2 Å². The van der Waals surface area contributed by atoms with Gasteiger partial charge >= 0.3 is 0 Å². The van der Waals surface area contributed by atoms with Crippen molar-refractivity contribution in [3.63, 3.8) is 0 Å². The molecule has 0 aliphatic heterocycles. The SMILES string of the molecule is CC(C)=C1CC1c1ccc(O)cc1. The summed E-state index contributed by atoms with van der Waals surface area (Å²) >= 11 is 0. The van der Waals surface area contributed by atoms with Crippen LogP contribution in [0.2, 0.25) is 0 Å². The van der Waals surface area contributed by atoms with E-state index in [2.05, 4.69) is 13.8 Å². The van der Waals surface area contributed by atoms with Gasteiger partial charge in [-0.25, -0.2) is 0 Å². The van der Waals surface area contributed by atoms with E-state index in [0.29, 0.717) is 11.7 Å². The Hall–Kier alpha value is -1.24. The third-order valence-corrected chi connectivity index (χ3v) is 2.62. The van der Waals surface area contributed by atoms with Crippen molar-refractivity contribution in [3.05, 3.63) is 41.0 Å². The Morgan fingerprint density at radius 2 is 1.85 bits per heavy atom. The molecule has 0 saturated heterocycles. The number of hydrogen-bond acceptors (Lipinski definition) is 1. The molecule has 1 nitrogen and oxygen atoms in total. The molecule has 0 heterocycles. The van der Waals surface area contributed by atoms with Crippen molar-refractivity contribution >= 4 is 0 Å². The predicted octanol–water partition coefficient (Wildman–Crippen LogP) is 3.22. The van der Waals surface area contributed by atoms with E-state index >= 15 is 0 Å². The van der Waals surface area contributed by atoms with Gasteiger partial charge in [-0.3, -0.25) is 0 Å². The van der Waals surface area contributed by atoms with E-state index in [0.717, 1.165) is 0 Å². The Balaban J connectivity index is 2.22. The first-order valence-electron chi connectivity index (χ1n) is 4.63. The third kappa shape index (κ3) is 1.59. The van der Waals surface area contributed by atoms with Gasteiger partial charge in [0.05, 0.1) is 0 Å². The highest BCUT2D eigenvalue weighted by atomic mass is 16.3. The summed E-state index contributed by atoms with van der Waals surface area (Å²) in [6.45, 7) is 4.32. The normalized spacial score (nSPS) is 20.2. The van der Waals surface area contributed by atoms with Crippen molar-refractivity contribution in [1.82, 2.24) is 0 Å². The van der Waals surface area contributed by atoms with Crippen LogP contribution in [0.5, 0.6) is 5.75 Å². The van der Waals surface area contributed by atoms with E-state index in [1.165, 1.54) is 17.6 Å². The van der Waals surface area contributed by atoms with E-state index in [1.807, 2.05) is 12.1 Å². The molecule has 1 aromatic carbocycles. The first kappa shape index (κ1) is 8.36. The van der Waals surface area contributed by atoms with Gasteiger partial charge in [-0.05, 0) is 38.0 Å². The number of phenolic OH excluding ortho intramolecular Hbond substituents is 1. The summed E-state index contributed by atoms with van der Waals surface area (Å²) in [5, 5.41) is 9.12. The molecular formula is C12H14O. The molecule has 0 radical (unpaired) electrons. The van der Waals surface area contributed by atoms with E-state index in [-0.39, 0.29) is 0 Å². The number of hydrogen-bond donors (Lipinski definition) is 1. The molecule has 0 bridgehead atoms. The fourth-order valence-corrected chi connectivity index (χ4v) is 1.74. The van der Waals surface area contributed by atoms with E-state index in [1.54, 1.807) is 17.7 Å². The molecule has 1 saturated carbocycles. The minimum Gasteiger partial charge on any atom is -0.508 e. The maximum Gasteiger partial charge on any atom is 0.115 e. The predicted molar refractivity (Wildman–Crippen MR) is 53.8 cm³/mol. The van der Waals surface area contributed by atoms with Gasteiger partial charge in [0.2, 0.25) is 0 Å². The molecular weight excluding hydrogens is 160 g/mol. The smallest absolute Gasteiger partial charge is 0.115 e. The monoisotopic (exact) mass is 174 g/mol. The van der Waals surface area contributed by atoms with Crippen LogP contribution in [0.25, 0.3) is 0 Å². The quantitative estimate of drug-likeness (QED) is 0.648. The molecule has 0 aromatic heterocycles. The standard InChI is InChI=1S/C12H14O/c1-8(2)11-7-12(11)9-3-5-10(13)6-4-9/h3-6,12-13H,7H2,1-2H3. The molecule has 1 aliphatic rings. The van der Waals surface area contributed by atoms with Crippen LogP contribution in [0.3, 0.4) is 0 Å². The zero-order chi connectivity index (χ0) is 9.42. The lowest BCUT2D eigenvalue weighted by molar-refractivity contribution is 0.475. The second-order valence-electron chi connectivity index (χ2n) is 3.87. The maximum atomic E-state index is 9.12. The number of aromatic hydroxyl groups is 1. The summed E-state index contributed by atoms with van der Waals surface area (Å²) < 4.78 is 0. The van der Waals surface area contributed by atoms with E-state index in [4.69, 9.17) is 5.11 Å². The number of benzene rings is 1. The zero-order valence-electron chi connectivity index (χ0n) is 8.04. The molecule has 1 atom stereocenters. The lowest BCUT2D eigenvalue weighted by atomic mass is 10.1. The number of rotatable bonds is 1. The van der Waals surface area contributed by atoms with Gasteiger partial charge in [0.15, 0.2) is 0 Å². The largest absolute Gasteiger partial charge is 0.508 e. The molecule has 1 N–H and O–H groups in total. The first-order chi connectivity index (χ1) is 6.18. The molecule has 1 unspecified atom stereocenters. The topological polar surface area (TPSA) is 20.2 Å². The van der Waals surface area contributed by atoms with Gasteiger partial charge in [-0.15, -0.1) is 0 Å². The summed E-state index contributed by atoms with van der Waals surface area (Å²) in [6.07, 6.45) is 1.20. The van der Waals surface area contributed by atoms with Gasteiger partial charge in [0, 0.05) is 5.92 Å². The number of allylic oxidation sites excluding steroid dienone is 2. The van der Waals surface area contributed by atoms with Crippen LogP contribution in [0.1, 0.15) is 31.7 Å². The van der Waals surface area contributed by atoms with Gasteiger partial charge in [-0.1, -0.05) is 23.3 Å². The van der Waals surface area contributed by atoms with Crippen LogP contribution >= 0.6 is 0 Å². The minimum absolute atomic E-state index is 0.350. The highest BCUT2D eigenvalue weighted by molar-refractivity contribution is 5.44. The second-order valence-corrected chi connectivity index (χ2v) is 3.87. The highest BCUT2D eigenvalue weighted by Crippen LogP contribution is 2.48. The lowest BCUT2D eigenvalue weighted by Crippen LogP contribution is -1.77. The molecule has 1 fully saturated rings. The average Bonchev–Trinajstić information content (AvgIpc) is 2.85. The summed E-state index contributed by atoms with van der Waals surface area (Å²) in [5.74, 6) is 0.980. The van der Waals surface area contributed by atoms with Gasteiger partial charge in [-0.2, -0.15) is 0 Å². The van der Waals surface area contributed by atoms with Crippen molar-refractivity contribution in [2.24, 2.45) is 0 Å². The first-order valence-corrected chi connectivity index (χ1v) is 4.63. The van der Waals surface area contributed by atoms with Crippen LogP contribution < -0.4 is 0 Å². The molecule has 1 heteroatoms. The van der Waals surface area contributed by atoms with Crippen LogP contribution in [-0.4, -0.2) is 5.11 Å². The Morgan fingerprint density at radius 3 is 2.31 bits per heavy atom. The van der Waals surface area contributed by atoms with Crippen molar-refractivity contribution in [3.8, 4) is 5.75 Å². The second kappa shape index (κ2) is 2.91. The van der Waals surface area contributed by atoms with Gasteiger partial charge in [0.25, 0.3) is 0 Å². The molecule has 13 heavy (non-hydrogen) atoms. The summed E-state index contributed by atoms with van der Waals surface area (Å²) in [5.41, 5.74) is 4.33. The number of phenols is 1. The molecule has 0 amide bonds. The molecule has 0 spiro atoms. The van der Waals surface area contributed by atoms with Gasteiger partial charge < -0.3 is 5.11 Å². The van der Waals surface area contributed by atoms with Crippen molar-refractivity contribution in [1.29, 1.82) is 0 Å². The average molecular weight is 174 g/mol. The highest BCUT2D eigenvalue weighted by Gasteiger charge is 2.31. The maximum absolute atomic E-state index is 9.12. The van der Waals surface area contributed by atoms with Crippen LogP contribution in [0.15, 0.2) is 35.4 Å². The Morgan fingerprint density at radius 1 is 1.23 bits per heavy atom. The van der Waals surface area contributed by atoms with E-state index in [9.17, 15) is 0 Å². The summed E-state index contributed by atoms with van der Waals surface area (Å²) in [7, 11) is 0. The third-order valence-electron chi connectivity index (χ3n) is 2.62. The Kier molecular flexibility index (Phi) is 1.87. The molecule has 2 rings (SSSR count). The summed E-state index contributed by atoms with van der Waals surface area (Å²) in [4.78, 5) is 0. The Labute approximate surface area is 78.7 Å². The lowest BCUT2D eigenvalue weighted by Gasteiger charge is -1.97. The van der Waals surface area contributed by atoms with Crippen LogP contribution in [0.4, 0.5) is 0 Å². The van der Waals surface area contributed by atoms with Crippen molar-refractivity contribution in [2.75, 3.05) is 0 Å². The zero-order valence-corrected chi connectivity index (χ0v) is 8.04. The summed E-state index contributed by atoms with van der Waals surface area (Å²) in [6, 6.07) is 7.54.